The first kappa shape index (κ1) is 38.7. The third-order valence-corrected chi connectivity index (χ3v) is 11.4. The van der Waals surface area contributed by atoms with Crippen molar-refractivity contribution in [2.24, 2.45) is 0 Å². The molecule has 2 heterocycles. The summed E-state index contributed by atoms with van der Waals surface area (Å²) in [6, 6.07) is 18.8. The summed E-state index contributed by atoms with van der Waals surface area (Å²) in [5, 5.41) is 0. The Labute approximate surface area is 318 Å². The predicted molar refractivity (Wildman–Crippen MR) is 209 cm³/mol. The number of halogens is 6. The average Bonchev–Trinajstić information content (AvgIpc) is 3.85. The van der Waals surface area contributed by atoms with E-state index in [1.165, 1.54) is 86.8 Å². The molecule has 290 valence electrons. The second-order valence-corrected chi connectivity index (χ2v) is 15.3. The Hall–Kier alpha value is -4.60. The molecule has 0 saturated carbocycles. The van der Waals surface area contributed by atoms with Crippen LogP contribution in [-0.2, 0) is 17.8 Å². The zero-order valence-corrected chi connectivity index (χ0v) is 31.5. The number of nitrogens with one attached hydrogen (secondary N) is 2. The van der Waals surface area contributed by atoms with Crippen molar-refractivity contribution in [3.8, 4) is 33.9 Å². The summed E-state index contributed by atoms with van der Waals surface area (Å²) < 4.78 is 79.9. The Morgan fingerprint density at radius 2 is 0.855 bits per heavy atom. The first-order chi connectivity index (χ1) is 26.4. The van der Waals surface area contributed by atoms with E-state index >= 15 is 0 Å². The van der Waals surface area contributed by atoms with Crippen molar-refractivity contribution in [3.05, 3.63) is 95.1 Å². The number of hydrogen-bond donors (Lipinski definition) is 2. The molecule has 4 nitrogen and oxygen atoms in total. The molecular weight excluding hydrogens is 711 g/mol. The molecule has 0 aliphatic heterocycles. The van der Waals surface area contributed by atoms with Crippen molar-refractivity contribution < 1.29 is 26.3 Å². The van der Waals surface area contributed by atoms with Crippen LogP contribution in [0.3, 0.4) is 0 Å². The molecule has 0 spiro atoms. The fraction of sp³-hybridized carbons (Fsp3) is 0.422. The molecule has 1 aliphatic carbocycles. The molecule has 2 aromatic heterocycles. The van der Waals surface area contributed by atoms with E-state index in [1.54, 1.807) is 0 Å². The van der Waals surface area contributed by atoms with Crippen LogP contribution in [-0.4, -0.2) is 19.9 Å². The lowest BCUT2D eigenvalue weighted by Crippen LogP contribution is -2.25. The minimum absolute atomic E-state index is 0.290. The van der Waals surface area contributed by atoms with Crippen molar-refractivity contribution in [3.63, 3.8) is 0 Å². The van der Waals surface area contributed by atoms with Gasteiger partial charge in [0.2, 0.25) is 0 Å². The molecule has 55 heavy (non-hydrogen) atoms. The topological polar surface area (TPSA) is 57.4 Å². The molecule has 2 N–H and O–H groups in total. The van der Waals surface area contributed by atoms with Crippen LogP contribution >= 0.6 is 0 Å². The van der Waals surface area contributed by atoms with E-state index in [0.717, 1.165) is 96.0 Å². The smallest absolute Gasteiger partial charge is 0.338 e. The van der Waals surface area contributed by atoms with E-state index in [2.05, 4.69) is 48.1 Å². The molecule has 4 aromatic carbocycles. The molecule has 0 bridgehead atoms. The quantitative estimate of drug-likeness (QED) is 0.0763. The largest absolute Gasteiger partial charge is 0.416 e. The zero-order valence-electron chi connectivity index (χ0n) is 31.5. The van der Waals surface area contributed by atoms with Gasteiger partial charge in [-0.15, -0.1) is 0 Å². The Morgan fingerprint density at radius 1 is 0.491 bits per heavy atom. The van der Waals surface area contributed by atoms with Gasteiger partial charge in [-0.25, -0.2) is 9.97 Å². The standard InChI is InChI=1S/C45H48F6N4/c1-3-5-7-9-11-13-23-43(24-14-12-10-8-6-4-2)35-27-39-37(52-41(54-39)29-15-19-31(20-16-29)44(46,47)48)25-33(35)34-26-38-40(28-36(34)43)55-42(53-38)30-17-21-32(22-18-30)45(49,50)51/h15-22,25-28H,3-14,23-24H2,1-2H3,(H,52,54)(H,53,55). The number of aromatic nitrogens is 4. The third-order valence-electron chi connectivity index (χ3n) is 11.4. The fourth-order valence-corrected chi connectivity index (χ4v) is 8.48. The molecular formula is C45H48F6N4. The average molecular weight is 759 g/mol. The summed E-state index contributed by atoms with van der Waals surface area (Å²) in [6.45, 7) is 4.44. The van der Waals surface area contributed by atoms with E-state index in [9.17, 15) is 26.3 Å². The maximum Gasteiger partial charge on any atom is 0.416 e. The number of benzene rings is 4. The van der Waals surface area contributed by atoms with Crippen molar-refractivity contribution in [2.45, 2.75) is 122 Å². The SMILES string of the molecule is CCCCCCCCC1(CCCCCCCC)c2cc3[nH]c(-c4ccc(C(F)(F)F)cc4)nc3cc2-c2cc3nc(-c4ccc(C(F)(F)F)cc4)[nH]c3cc21. The summed E-state index contributed by atoms with van der Waals surface area (Å²) >= 11 is 0. The molecule has 0 radical (unpaired) electrons. The molecule has 0 saturated heterocycles. The fourth-order valence-electron chi connectivity index (χ4n) is 8.48. The third kappa shape index (κ3) is 8.05. The lowest BCUT2D eigenvalue weighted by molar-refractivity contribution is -0.138. The van der Waals surface area contributed by atoms with Crippen molar-refractivity contribution in [1.82, 2.24) is 19.9 Å². The zero-order chi connectivity index (χ0) is 38.8. The van der Waals surface area contributed by atoms with Crippen molar-refractivity contribution in [1.29, 1.82) is 0 Å². The lowest BCUT2D eigenvalue weighted by Gasteiger charge is -2.33. The first-order valence-corrected chi connectivity index (χ1v) is 19.9. The number of rotatable bonds is 16. The van der Waals surface area contributed by atoms with E-state index < -0.39 is 23.5 Å². The maximum atomic E-state index is 13.3. The van der Waals surface area contributed by atoms with Gasteiger partial charge in [-0.05, 0) is 83.6 Å². The van der Waals surface area contributed by atoms with Crippen LogP contribution in [0.5, 0.6) is 0 Å². The highest BCUT2D eigenvalue weighted by atomic mass is 19.4. The number of H-pyrrole nitrogens is 2. The molecule has 0 fully saturated rings. The van der Waals surface area contributed by atoms with Crippen molar-refractivity contribution in [2.75, 3.05) is 0 Å². The number of alkyl halides is 6. The molecule has 1 aliphatic rings. The van der Waals surface area contributed by atoms with Crippen LogP contribution in [0.25, 0.3) is 56.0 Å². The van der Waals surface area contributed by atoms with Crippen LogP contribution in [0.2, 0.25) is 0 Å². The van der Waals surface area contributed by atoms with Gasteiger partial charge in [0.15, 0.2) is 0 Å². The van der Waals surface area contributed by atoms with Crippen molar-refractivity contribution >= 4 is 22.1 Å². The Balaban J connectivity index is 1.32. The summed E-state index contributed by atoms with van der Waals surface area (Å²) in [7, 11) is 0. The van der Waals surface area contributed by atoms with Gasteiger partial charge in [0.25, 0.3) is 0 Å². The van der Waals surface area contributed by atoms with Crippen LogP contribution < -0.4 is 0 Å². The van der Waals surface area contributed by atoms with Gasteiger partial charge in [-0.3, -0.25) is 0 Å². The minimum Gasteiger partial charge on any atom is -0.338 e. The van der Waals surface area contributed by atoms with Gasteiger partial charge in [0.1, 0.15) is 11.6 Å². The van der Waals surface area contributed by atoms with Gasteiger partial charge >= 0.3 is 12.4 Å². The minimum atomic E-state index is -4.42. The Morgan fingerprint density at radius 3 is 1.22 bits per heavy atom. The summed E-state index contributed by atoms with van der Waals surface area (Å²) in [5.41, 5.74) is 7.18. The number of aromatic amines is 2. The predicted octanol–water partition coefficient (Wildman–Crippen LogP) is 14.6. The number of unbranched alkanes of at least 4 members (excludes halogenated alkanes) is 10. The molecule has 10 heteroatoms. The highest BCUT2D eigenvalue weighted by molar-refractivity contribution is 5.96. The van der Waals surface area contributed by atoms with Crippen LogP contribution in [0.4, 0.5) is 26.3 Å². The maximum absolute atomic E-state index is 13.3. The van der Waals surface area contributed by atoms with E-state index in [0.29, 0.717) is 22.8 Å². The van der Waals surface area contributed by atoms with Crippen LogP contribution in [0.1, 0.15) is 126 Å². The number of nitrogens with zero attached hydrogens (tertiary/aromatic N) is 2. The number of imidazole rings is 2. The Bertz CT molecular complexity index is 2070. The van der Waals surface area contributed by atoms with Gasteiger partial charge in [0, 0.05) is 16.5 Å². The van der Waals surface area contributed by atoms with Gasteiger partial charge in [0.05, 0.1) is 33.2 Å². The second-order valence-electron chi connectivity index (χ2n) is 15.3. The molecule has 6 aromatic rings. The van der Waals surface area contributed by atoms with Crippen LogP contribution in [0, 0.1) is 0 Å². The molecule has 0 unspecified atom stereocenters. The van der Waals surface area contributed by atoms with Crippen LogP contribution in [0.15, 0.2) is 72.8 Å². The van der Waals surface area contributed by atoms with E-state index in [1.807, 2.05) is 0 Å². The normalized spacial score (nSPS) is 13.9. The summed E-state index contributed by atoms with van der Waals surface area (Å²) in [4.78, 5) is 16.6. The Kier molecular flexibility index (Phi) is 11.2. The van der Waals surface area contributed by atoms with E-state index in [4.69, 9.17) is 9.97 Å². The van der Waals surface area contributed by atoms with Gasteiger partial charge in [-0.1, -0.05) is 115 Å². The second kappa shape index (κ2) is 15.9. The highest BCUT2D eigenvalue weighted by Gasteiger charge is 2.43. The number of hydrogen-bond acceptors (Lipinski definition) is 2. The summed E-state index contributed by atoms with van der Waals surface area (Å²) in [6.07, 6.45) is 7.13. The van der Waals surface area contributed by atoms with Gasteiger partial charge in [-0.2, -0.15) is 26.3 Å². The molecule has 0 amide bonds. The number of fused-ring (bicyclic) bond motifs is 5. The lowest BCUT2D eigenvalue weighted by atomic mass is 9.70. The van der Waals surface area contributed by atoms with E-state index in [-0.39, 0.29) is 5.41 Å². The summed E-state index contributed by atoms with van der Waals surface area (Å²) in [5.74, 6) is 1.02. The molecule has 7 rings (SSSR count). The highest BCUT2D eigenvalue weighted by Crippen LogP contribution is 2.56. The first-order valence-electron chi connectivity index (χ1n) is 19.9. The molecule has 0 atom stereocenters. The van der Waals surface area contributed by atoms with Gasteiger partial charge < -0.3 is 9.97 Å². The monoisotopic (exact) mass is 758 g/mol.